The fraction of sp³-hybridized carbons (Fsp3) is 0.182. The van der Waals surface area contributed by atoms with Gasteiger partial charge in [0.05, 0.1) is 17.3 Å². The zero-order valence-corrected chi connectivity index (χ0v) is 19.3. The Hall–Kier alpha value is -2.91. The van der Waals surface area contributed by atoms with E-state index in [2.05, 4.69) is 37.7 Å². The SMILES string of the molecule is C=CCSc1nnc2c(n1)O[C@@H](c1ccc(OC)c(Br)c1)N(C(C)=O)c1ccccc1-2. The third kappa shape index (κ3) is 4.15. The lowest BCUT2D eigenvalue weighted by molar-refractivity contribution is -0.118. The predicted octanol–water partition coefficient (Wildman–Crippen LogP) is 5.03. The van der Waals surface area contributed by atoms with Crippen molar-refractivity contribution >= 4 is 39.3 Å². The number of rotatable bonds is 5. The van der Waals surface area contributed by atoms with E-state index in [1.54, 1.807) is 18.1 Å². The maximum atomic E-state index is 12.8. The summed E-state index contributed by atoms with van der Waals surface area (Å²) in [7, 11) is 1.60. The molecule has 1 aliphatic heterocycles. The van der Waals surface area contributed by atoms with Crippen LogP contribution in [0.25, 0.3) is 11.3 Å². The van der Waals surface area contributed by atoms with Crippen LogP contribution >= 0.6 is 27.7 Å². The Morgan fingerprint density at radius 1 is 1.32 bits per heavy atom. The number of fused-ring (bicyclic) bond motifs is 3. The summed E-state index contributed by atoms with van der Waals surface area (Å²) in [5, 5.41) is 9.08. The number of methoxy groups -OCH3 is 1. The zero-order chi connectivity index (χ0) is 22.0. The first-order valence-corrected chi connectivity index (χ1v) is 11.2. The van der Waals surface area contributed by atoms with Gasteiger partial charge in [-0.2, -0.15) is 4.98 Å². The van der Waals surface area contributed by atoms with Gasteiger partial charge in [0.25, 0.3) is 0 Å². The van der Waals surface area contributed by atoms with E-state index < -0.39 is 6.23 Å². The number of carbonyl (C=O) groups excluding carboxylic acids is 1. The van der Waals surface area contributed by atoms with E-state index in [4.69, 9.17) is 9.47 Å². The van der Waals surface area contributed by atoms with Crippen LogP contribution in [0, 0.1) is 0 Å². The summed E-state index contributed by atoms with van der Waals surface area (Å²) < 4.78 is 12.4. The van der Waals surface area contributed by atoms with Gasteiger partial charge in [0, 0.05) is 23.8 Å². The van der Waals surface area contributed by atoms with Crippen LogP contribution < -0.4 is 14.4 Å². The van der Waals surface area contributed by atoms with Gasteiger partial charge in [-0.15, -0.1) is 16.8 Å². The molecule has 1 amide bonds. The third-order valence-electron chi connectivity index (χ3n) is 4.64. The number of anilines is 1. The van der Waals surface area contributed by atoms with Gasteiger partial charge < -0.3 is 9.47 Å². The number of aromatic nitrogens is 3. The van der Waals surface area contributed by atoms with Crippen molar-refractivity contribution in [2.24, 2.45) is 0 Å². The summed E-state index contributed by atoms with van der Waals surface area (Å²) in [5.41, 5.74) is 2.64. The van der Waals surface area contributed by atoms with E-state index >= 15 is 0 Å². The first kappa shape index (κ1) is 21.3. The number of benzene rings is 2. The molecule has 2 aromatic carbocycles. The van der Waals surface area contributed by atoms with E-state index in [0.29, 0.717) is 33.9 Å². The molecular formula is C22H19BrN4O3S. The highest BCUT2D eigenvalue weighted by molar-refractivity contribution is 9.10. The molecule has 0 fully saturated rings. The first-order chi connectivity index (χ1) is 15.0. The number of halogens is 1. The van der Waals surface area contributed by atoms with Crippen LogP contribution in [0.1, 0.15) is 18.7 Å². The van der Waals surface area contributed by atoms with Crippen molar-refractivity contribution in [2.75, 3.05) is 17.8 Å². The molecule has 9 heteroatoms. The fourth-order valence-electron chi connectivity index (χ4n) is 3.30. The lowest BCUT2D eigenvalue weighted by Crippen LogP contribution is -2.36. The minimum atomic E-state index is -0.754. The maximum Gasteiger partial charge on any atom is 0.247 e. The second kappa shape index (κ2) is 9.07. The zero-order valence-electron chi connectivity index (χ0n) is 16.9. The Kier molecular flexibility index (Phi) is 6.24. The lowest BCUT2D eigenvalue weighted by Gasteiger charge is -2.30. The number of nitrogens with zero attached hydrogens (tertiary/aromatic N) is 4. The van der Waals surface area contributed by atoms with Gasteiger partial charge >= 0.3 is 0 Å². The van der Waals surface area contributed by atoms with Crippen LogP contribution in [0.4, 0.5) is 5.69 Å². The average molecular weight is 499 g/mol. The van der Waals surface area contributed by atoms with Gasteiger partial charge in [0.15, 0.2) is 5.69 Å². The monoisotopic (exact) mass is 498 g/mol. The maximum absolute atomic E-state index is 12.8. The Balaban J connectivity index is 1.90. The van der Waals surface area contributed by atoms with Crippen molar-refractivity contribution in [1.29, 1.82) is 0 Å². The minimum Gasteiger partial charge on any atom is -0.496 e. The highest BCUT2D eigenvalue weighted by Crippen LogP contribution is 2.44. The number of hydrogen-bond donors (Lipinski definition) is 0. The van der Waals surface area contributed by atoms with Crippen LogP contribution in [0.2, 0.25) is 0 Å². The highest BCUT2D eigenvalue weighted by atomic mass is 79.9. The summed E-state index contributed by atoms with van der Waals surface area (Å²) in [5.74, 6) is 1.46. The Bertz CT molecular complexity index is 1160. The molecule has 0 unspecified atom stereocenters. The number of ether oxygens (including phenoxy) is 2. The van der Waals surface area contributed by atoms with Crippen molar-refractivity contribution in [1.82, 2.24) is 15.2 Å². The molecule has 0 radical (unpaired) electrons. The molecule has 2 heterocycles. The van der Waals surface area contributed by atoms with Crippen molar-refractivity contribution in [3.05, 3.63) is 65.2 Å². The van der Waals surface area contributed by atoms with E-state index in [0.717, 1.165) is 15.6 Å². The van der Waals surface area contributed by atoms with E-state index in [1.807, 2.05) is 42.5 Å². The number of para-hydroxylation sites is 1. The van der Waals surface area contributed by atoms with Gasteiger partial charge in [0.1, 0.15) is 5.75 Å². The van der Waals surface area contributed by atoms with Crippen LogP contribution in [0.3, 0.4) is 0 Å². The number of hydrogen-bond acceptors (Lipinski definition) is 7. The number of amides is 1. The highest BCUT2D eigenvalue weighted by Gasteiger charge is 2.34. The quantitative estimate of drug-likeness (QED) is 0.360. The molecule has 0 bridgehead atoms. The summed E-state index contributed by atoms with van der Waals surface area (Å²) in [6.07, 6.45) is 1.02. The third-order valence-corrected chi connectivity index (χ3v) is 6.10. The second-order valence-electron chi connectivity index (χ2n) is 6.62. The molecule has 0 saturated heterocycles. The molecule has 1 aliphatic rings. The van der Waals surface area contributed by atoms with Crippen LogP contribution in [-0.2, 0) is 4.79 Å². The second-order valence-corrected chi connectivity index (χ2v) is 8.46. The molecule has 0 saturated carbocycles. The molecule has 0 aliphatic carbocycles. The molecule has 4 rings (SSSR count). The van der Waals surface area contributed by atoms with E-state index in [1.165, 1.54) is 18.7 Å². The molecule has 31 heavy (non-hydrogen) atoms. The summed E-state index contributed by atoms with van der Waals surface area (Å²) in [6, 6.07) is 13.1. The van der Waals surface area contributed by atoms with Crippen molar-refractivity contribution in [3.8, 4) is 22.9 Å². The Morgan fingerprint density at radius 3 is 2.84 bits per heavy atom. The summed E-state index contributed by atoms with van der Waals surface area (Å²) in [4.78, 5) is 19.0. The summed E-state index contributed by atoms with van der Waals surface area (Å²) in [6.45, 7) is 5.23. The number of carbonyl (C=O) groups is 1. The van der Waals surface area contributed by atoms with E-state index in [9.17, 15) is 4.79 Å². The van der Waals surface area contributed by atoms with Gasteiger partial charge in [-0.25, -0.2) is 0 Å². The topological polar surface area (TPSA) is 77.4 Å². The van der Waals surface area contributed by atoms with Crippen molar-refractivity contribution in [2.45, 2.75) is 18.3 Å². The molecule has 1 aromatic heterocycles. The summed E-state index contributed by atoms with van der Waals surface area (Å²) >= 11 is 4.92. The van der Waals surface area contributed by atoms with Gasteiger partial charge in [-0.3, -0.25) is 9.69 Å². The lowest BCUT2D eigenvalue weighted by atomic mass is 10.1. The molecule has 0 spiro atoms. The molecular weight excluding hydrogens is 480 g/mol. The standard InChI is InChI=1S/C22H19BrN4O3S/c1-4-11-31-22-24-20-19(25-26-22)15-7-5-6-8-17(15)27(13(2)28)21(30-20)14-9-10-18(29-3)16(23)12-14/h4-10,12,21H,1,11H2,2-3H3/t21-/m0/s1. The van der Waals surface area contributed by atoms with Crippen LogP contribution in [-0.4, -0.2) is 34.0 Å². The molecule has 0 N–H and O–H groups in total. The molecule has 158 valence electrons. The largest absolute Gasteiger partial charge is 0.496 e. The normalized spacial score (nSPS) is 14.7. The van der Waals surface area contributed by atoms with Gasteiger partial charge in [-0.1, -0.05) is 36.0 Å². The van der Waals surface area contributed by atoms with Crippen molar-refractivity contribution < 1.29 is 14.3 Å². The van der Waals surface area contributed by atoms with Gasteiger partial charge in [-0.05, 0) is 40.2 Å². The molecule has 1 atom stereocenters. The van der Waals surface area contributed by atoms with E-state index in [-0.39, 0.29) is 5.91 Å². The minimum absolute atomic E-state index is 0.175. The fourth-order valence-corrected chi connectivity index (χ4v) is 4.37. The first-order valence-electron chi connectivity index (χ1n) is 9.41. The molecule has 3 aromatic rings. The average Bonchev–Trinajstić information content (AvgIpc) is 2.92. The Morgan fingerprint density at radius 2 is 2.13 bits per heavy atom. The van der Waals surface area contributed by atoms with Crippen LogP contribution in [0.15, 0.2) is 64.7 Å². The van der Waals surface area contributed by atoms with Gasteiger partial charge in [0.2, 0.25) is 23.2 Å². The van der Waals surface area contributed by atoms with Crippen LogP contribution in [0.5, 0.6) is 11.6 Å². The smallest absolute Gasteiger partial charge is 0.247 e. The predicted molar refractivity (Wildman–Crippen MR) is 123 cm³/mol. The van der Waals surface area contributed by atoms with Crippen molar-refractivity contribution in [3.63, 3.8) is 0 Å². The number of thioether (sulfide) groups is 1. The Labute approximate surface area is 192 Å². The molecule has 7 nitrogen and oxygen atoms in total.